The van der Waals surface area contributed by atoms with Crippen molar-refractivity contribution in [1.82, 2.24) is 15.2 Å². The lowest BCUT2D eigenvalue weighted by molar-refractivity contribution is -0.385. The standard InChI is InChI=1S/C11H10N6O3/c1-7-10(18)13-11(16-14-7)15-12-6-8-4-2-3-5-9(8)17(19)20/h2-6H,1H3,(H2,13,15,16,18). The first-order chi connectivity index (χ1) is 9.58. The van der Waals surface area contributed by atoms with E-state index in [4.69, 9.17) is 0 Å². The van der Waals surface area contributed by atoms with Crippen LogP contribution in [0.3, 0.4) is 0 Å². The number of H-pyrrole nitrogens is 1. The van der Waals surface area contributed by atoms with E-state index in [1.54, 1.807) is 18.2 Å². The SMILES string of the molecule is Cc1nnc(NN=Cc2ccccc2[N+](=O)[O-])[nH]c1=O. The number of nitrogens with zero attached hydrogens (tertiary/aromatic N) is 4. The van der Waals surface area contributed by atoms with Gasteiger partial charge in [-0.15, -0.1) is 10.2 Å². The second kappa shape index (κ2) is 5.69. The first-order valence-corrected chi connectivity index (χ1v) is 5.54. The highest BCUT2D eigenvalue weighted by molar-refractivity contribution is 5.85. The Morgan fingerprint density at radius 2 is 2.15 bits per heavy atom. The van der Waals surface area contributed by atoms with Crippen LogP contribution in [0.2, 0.25) is 0 Å². The highest BCUT2D eigenvalue weighted by Crippen LogP contribution is 2.15. The Bertz CT molecular complexity index is 724. The molecule has 0 radical (unpaired) electrons. The molecule has 2 rings (SSSR count). The molecule has 1 aromatic carbocycles. The van der Waals surface area contributed by atoms with Crippen molar-refractivity contribution in [1.29, 1.82) is 0 Å². The molecular formula is C11H10N6O3. The van der Waals surface area contributed by atoms with Crippen molar-refractivity contribution < 1.29 is 4.92 Å². The maximum Gasteiger partial charge on any atom is 0.278 e. The van der Waals surface area contributed by atoms with Crippen molar-refractivity contribution in [2.24, 2.45) is 5.10 Å². The van der Waals surface area contributed by atoms with Crippen molar-refractivity contribution in [3.05, 3.63) is 56.0 Å². The van der Waals surface area contributed by atoms with Crippen LogP contribution in [0, 0.1) is 17.0 Å². The molecule has 102 valence electrons. The Hall–Kier alpha value is -3.10. The van der Waals surface area contributed by atoms with E-state index in [1.807, 2.05) is 0 Å². The smallest absolute Gasteiger partial charge is 0.278 e. The van der Waals surface area contributed by atoms with Crippen molar-refractivity contribution in [2.45, 2.75) is 6.92 Å². The fourth-order valence-electron chi connectivity index (χ4n) is 1.37. The number of hydrogen-bond donors (Lipinski definition) is 2. The van der Waals surface area contributed by atoms with Gasteiger partial charge in [-0.25, -0.2) is 5.43 Å². The zero-order valence-electron chi connectivity index (χ0n) is 10.4. The van der Waals surface area contributed by atoms with Crippen molar-refractivity contribution in [3.63, 3.8) is 0 Å². The fraction of sp³-hybridized carbons (Fsp3) is 0.0909. The number of aromatic amines is 1. The average molecular weight is 274 g/mol. The van der Waals surface area contributed by atoms with Crippen LogP contribution in [-0.2, 0) is 0 Å². The second-order valence-corrected chi connectivity index (χ2v) is 3.77. The predicted molar refractivity (Wildman–Crippen MR) is 71.7 cm³/mol. The number of anilines is 1. The van der Waals surface area contributed by atoms with Crippen LogP contribution < -0.4 is 11.0 Å². The highest BCUT2D eigenvalue weighted by Gasteiger charge is 2.09. The van der Waals surface area contributed by atoms with Gasteiger partial charge in [0, 0.05) is 6.07 Å². The van der Waals surface area contributed by atoms with E-state index in [2.05, 4.69) is 25.7 Å². The van der Waals surface area contributed by atoms with Crippen LogP contribution in [0.25, 0.3) is 0 Å². The lowest BCUT2D eigenvalue weighted by atomic mass is 10.2. The average Bonchev–Trinajstić information content (AvgIpc) is 2.43. The Labute approximate surface area is 112 Å². The summed E-state index contributed by atoms with van der Waals surface area (Å²) in [4.78, 5) is 24.0. The van der Waals surface area contributed by atoms with Gasteiger partial charge in [-0.2, -0.15) is 5.10 Å². The van der Waals surface area contributed by atoms with Gasteiger partial charge in [0.15, 0.2) is 0 Å². The lowest BCUT2D eigenvalue weighted by Crippen LogP contribution is -2.15. The summed E-state index contributed by atoms with van der Waals surface area (Å²) in [7, 11) is 0. The molecule has 0 saturated heterocycles. The topological polar surface area (TPSA) is 126 Å². The van der Waals surface area contributed by atoms with Crippen molar-refractivity contribution in [2.75, 3.05) is 5.43 Å². The molecule has 1 heterocycles. The van der Waals surface area contributed by atoms with Crippen LogP contribution in [-0.4, -0.2) is 26.3 Å². The number of nitro benzene ring substituents is 1. The maximum absolute atomic E-state index is 11.3. The largest absolute Gasteiger partial charge is 0.288 e. The fourth-order valence-corrected chi connectivity index (χ4v) is 1.37. The van der Waals surface area contributed by atoms with Crippen molar-refractivity contribution >= 4 is 17.9 Å². The number of hydrazone groups is 1. The normalized spacial score (nSPS) is 10.7. The number of para-hydroxylation sites is 1. The first-order valence-electron chi connectivity index (χ1n) is 5.54. The van der Waals surface area contributed by atoms with Gasteiger partial charge in [0.1, 0.15) is 5.69 Å². The van der Waals surface area contributed by atoms with Gasteiger partial charge < -0.3 is 0 Å². The minimum Gasteiger partial charge on any atom is -0.288 e. The Morgan fingerprint density at radius 3 is 2.85 bits per heavy atom. The lowest BCUT2D eigenvalue weighted by Gasteiger charge is -1.98. The van der Waals surface area contributed by atoms with Gasteiger partial charge in [-0.3, -0.25) is 19.9 Å². The Kier molecular flexibility index (Phi) is 3.80. The summed E-state index contributed by atoms with van der Waals surface area (Å²) in [6.45, 7) is 1.52. The first kappa shape index (κ1) is 13.3. The molecule has 0 aliphatic carbocycles. The van der Waals surface area contributed by atoms with Crippen LogP contribution in [0.5, 0.6) is 0 Å². The van der Waals surface area contributed by atoms with Crippen LogP contribution in [0.1, 0.15) is 11.3 Å². The maximum atomic E-state index is 11.3. The summed E-state index contributed by atoms with van der Waals surface area (Å²) in [6, 6.07) is 6.13. The molecular weight excluding hydrogens is 264 g/mol. The summed E-state index contributed by atoms with van der Waals surface area (Å²) in [5.41, 5.74) is 2.55. The summed E-state index contributed by atoms with van der Waals surface area (Å²) in [5, 5.41) is 21.8. The van der Waals surface area contributed by atoms with E-state index in [-0.39, 0.29) is 22.9 Å². The molecule has 20 heavy (non-hydrogen) atoms. The molecule has 0 saturated carbocycles. The third kappa shape index (κ3) is 3.02. The molecule has 2 aromatic rings. The molecule has 0 bridgehead atoms. The van der Waals surface area contributed by atoms with Gasteiger partial charge in [0.2, 0.25) is 5.95 Å². The zero-order chi connectivity index (χ0) is 14.5. The Balaban J connectivity index is 2.16. The number of nitro groups is 1. The monoisotopic (exact) mass is 274 g/mol. The van der Waals surface area contributed by atoms with E-state index in [0.29, 0.717) is 5.56 Å². The molecule has 0 aliphatic rings. The Morgan fingerprint density at radius 1 is 1.40 bits per heavy atom. The summed E-state index contributed by atoms with van der Waals surface area (Å²) in [5.74, 6) is 0.0513. The minimum absolute atomic E-state index is 0.0513. The number of aromatic nitrogens is 3. The van der Waals surface area contributed by atoms with Gasteiger partial charge >= 0.3 is 0 Å². The molecule has 0 spiro atoms. The zero-order valence-corrected chi connectivity index (χ0v) is 10.4. The van der Waals surface area contributed by atoms with Crippen molar-refractivity contribution in [3.8, 4) is 0 Å². The number of rotatable bonds is 4. The predicted octanol–water partition coefficient (Wildman–Crippen LogP) is 0.828. The molecule has 0 amide bonds. The van der Waals surface area contributed by atoms with E-state index in [9.17, 15) is 14.9 Å². The van der Waals surface area contributed by atoms with E-state index in [0.717, 1.165) is 0 Å². The third-order valence-corrected chi connectivity index (χ3v) is 2.37. The van der Waals surface area contributed by atoms with Gasteiger partial charge in [0.25, 0.3) is 11.2 Å². The molecule has 0 fully saturated rings. The van der Waals surface area contributed by atoms with Crippen LogP contribution in [0.4, 0.5) is 11.6 Å². The van der Waals surface area contributed by atoms with Crippen LogP contribution in [0.15, 0.2) is 34.2 Å². The summed E-state index contributed by atoms with van der Waals surface area (Å²) < 4.78 is 0. The molecule has 9 heteroatoms. The number of benzene rings is 1. The number of hydrogen-bond acceptors (Lipinski definition) is 7. The molecule has 2 N–H and O–H groups in total. The summed E-state index contributed by atoms with van der Waals surface area (Å²) in [6.07, 6.45) is 1.26. The van der Waals surface area contributed by atoms with E-state index >= 15 is 0 Å². The van der Waals surface area contributed by atoms with E-state index < -0.39 is 4.92 Å². The second-order valence-electron chi connectivity index (χ2n) is 3.77. The number of nitrogens with one attached hydrogen (secondary N) is 2. The van der Waals surface area contributed by atoms with Gasteiger partial charge in [-0.1, -0.05) is 12.1 Å². The number of aryl methyl sites for hydroxylation is 1. The van der Waals surface area contributed by atoms with E-state index in [1.165, 1.54) is 19.2 Å². The minimum atomic E-state index is -0.505. The summed E-state index contributed by atoms with van der Waals surface area (Å²) >= 11 is 0. The highest BCUT2D eigenvalue weighted by atomic mass is 16.6. The molecule has 0 aliphatic heterocycles. The molecule has 1 aromatic heterocycles. The van der Waals surface area contributed by atoms with Crippen LogP contribution >= 0.6 is 0 Å². The third-order valence-electron chi connectivity index (χ3n) is 2.37. The quantitative estimate of drug-likeness (QED) is 0.483. The molecule has 9 nitrogen and oxygen atoms in total. The van der Waals surface area contributed by atoms with Gasteiger partial charge in [0.05, 0.1) is 16.7 Å². The van der Waals surface area contributed by atoms with Gasteiger partial charge in [-0.05, 0) is 13.0 Å². The molecule has 0 atom stereocenters. The molecule has 0 unspecified atom stereocenters.